The van der Waals surface area contributed by atoms with Crippen molar-refractivity contribution in [3.05, 3.63) is 82.9 Å². The number of methoxy groups -OCH3 is 2. The number of aromatic nitrogens is 4. The van der Waals surface area contributed by atoms with E-state index in [0.29, 0.717) is 41.0 Å². The van der Waals surface area contributed by atoms with E-state index >= 15 is 0 Å². The van der Waals surface area contributed by atoms with E-state index in [9.17, 15) is 26.4 Å². The van der Waals surface area contributed by atoms with Crippen molar-refractivity contribution in [2.75, 3.05) is 14.2 Å². The number of hydrogen-bond acceptors (Lipinski definition) is 8. The number of sulfonamides is 1. The summed E-state index contributed by atoms with van der Waals surface area (Å²) in [6.07, 6.45) is -3.83. The number of ketones is 1. The first-order valence-electron chi connectivity index (χ1n) is 13.8. The van der Waals surface area contributed by atoms with Crippen LogP contribution in [-0.2, 0) is 34.1 Å². The summed E-state index contributed by atoms with van der Waals surface area (Å²) < 4.78 is 85.6. The third-order valence-electron chi connectivity index (χ3n) is 7.62. The van der Waals surface area contributed by atoms with Crippen LogP contribution in [0, 0.1) is 0 Å². The molecule has 44 heavy (non-hydrogen) atoms. The minimum Gasteiger partial charge on any atom is -0.497 e. The molecule has 0 atom stereocenters. The van der Waals surface area contributed by atoms with E-state index in [1.165, 1.54) is 25.0 Å². The lowest BCUT2D eigenvalue weighted by molar-refractivity contribution is -0.139. The molecule has 14 heteroatoms. The molecule has 10 nitrogen and oxygen atoms in total. The van der Waals surface area contributed by atoms with Gasteiger partial charge in [-0.3, -0.25) is 4.79 Å². The molecule has 232 valence electrons. The summed E-state index contributed by atoms with van der Waals surface area (Å²) in [5.74, 6) is 0.679. The number of hydrogen-bond donors (Lipinski definition) is 1. The molecule has 0 spiro atoms. The van der Waals surface area contributed by atoms with Crippen LogP contribution in [0.4, 0.5) is 13.2 Å². The summed E-state index contributed by atoms with van der Waals surface area (Å²) in [7, 11) is -1.81. The summed E-state index contributed by atoms with van der Waals surface area (Å²) in [6.45, 7) is -0.230. The number of alkyl halides is 3. The zero-order valence-electron chi connectivity index (χ0n) is 24.0. The molecule has 1 fully saturated rings. The molecule has 0 saturated heterocycles. The van der Waals surface area contributed by atoms with Crippen LogP contribution in [0.25, 0.3) is 11.4 Å². The topological polar surface area (TPSA) is 125 Å². The number of nitrogens with one attached hydrogen (secondary N) is 1. The van der Waals surface area contributed by atoms with Gasteiger partial charge in [-0.25, -0.2) is 17.8 Å². The van der Waals surface area contributed by atoms with Crippen molar-refractivity contribution >= 4 is 15.8 Å². The van der Waals surface area contributed by atoms with Gasteiger partial charge < -0.3 is 9.47 Å². The van der Waals surface area contributed by atoms with E-state index < -0.39 is 26.7 Å². The van der Waals surface area contributed by atoms with Crippen molar-refractivity contribution in [2.24, 2.45) is 0 Å². The highest BCUT2D eigenvalue weighted by Crippen LogP contribution is 2.45. The van der Waals surface area contributed by atoms with Gasteiger partial charge in [-0.05, 0) is 76.2 Å². The molecule has 1 aliphatic rings. The summed E-state index contributed by atoms with van der Waals surface area (Å²) >= 11 is 0. The van der Waals surface area contributed by atoms with Crippen LogP contribution in [0.15, 0.2) is 65.6 Å². The van der Waals surface area contributed by atoms with E-state index in [2.05, 4.69) is 20.2 Å². The molecule has 0 radical (unpaired) electrons. The fourth-order valence-electron chi connectivity index (χ4n) is 5.31. The number of tetrazole rings is 1. The number of halogens is 3. The molecule has 3 aromatic carbocycles. The van der Waals surface area contributed by atoms with E-state index in [1.807, 2.05) is 0 Å². The Morgan fingerprint density at radius 3 is 2.07 bits per heavy atom. The summed E-state index contributed by atoms with van der Waals surface area (Å²) in [6, 6.07) is 15.5. The molecule has 0 unspecified atom stereocenters. The van der Waals surface area contributed by atoms with Crippen LogP contribution in [0.3, 0.4) is 0 Å². The Bertz CT molecular complexity index is 1730. The van der Waals surface area contributed by atoms with Gasteiger partial charge in [0, 0.05) is 24.9 Å². The van der Waals surface area contributed by atoms with Gasteiger partial charge in [0.05, 0.1) is 26.3 Å². The maximum absolute atomic E-state index is 14.6. The van der Waals surface area contributed by atoms with E-state index in [0.717, 1.165) is 6.07 Å². The van der Waals surface area contributed by atoms with Gasteiger partial charge in [-0.15, -0.1) is 5.10 Å². The Labute approximate surface area is 252 Å². The molecular formula is C30H30F3N5O5S. The zero-order valence-corrected chi connectivity index (χ0v) is 24.8. The smallest absolute Gasteiger partial charge is 0.417 e. The highest BCUT2D eigenvalue weighted by atomic mass is 32.2. The van der Waals surface area contributed by atoms with E-state index in [4.69, 9.17) is 9.47 Å². The van der Waals surface area contributed by atoms with Crippen molar-refractivity contribution in [3.63, 3.8) is 0 Å². The molecule has 0 aliphatic heterocycles. The van der Waals surface area contributed by atoms with Crippen molar-refractivity contribution in [3.8, 4) is 22.9 Å². The van der Waals surface area contributed by atoms with Crippen molar-refractivity contribution in [2.45, 2.75) is 55.8 Å². The lowest BCUT2D eigenvalue weighted by atomic mass is 9.81. The molecule has 1 saturated carbocycles. The van der Waals surface area contributed by atoms with Crippen molar-refractivity contribution in [1.82, 2.24) is 24.9 Å². The lowest BCUT2D eigenvalue weighted by Crippen LogP contribution is -2.28. The van der Waals surface area contributed by atoms with Crippen LogP contribution in [0.1, 0.15) is 53.9 Å². The van der Waals surface area contributed by atoms with Crippen LogP contribution >= 0.6 is 0 Å². The number of carbonyl (C=O) groups is 1. The van der Waals surface area contributed by atoms with Crippen LogP contribution in [0.2, 0.25) is 0 Å². The number of nitrogens with zero attached hydrogens (tertiary/aromatic N) is 4. The van der Waals surface area contributed by atoms with Gasteiger partial charge in [0.15, 0.2) is 5.82 Å². The first-order valence-corrected chi connectivity index (χ1v) is 15.3. The second-order valence-corrected chi connectivity index (χ2v) is 12.1. The molecule has 4 aromatic rings. The van der Waals surface area contributed by atoms with Crippen molar-refractivity contribution in [1.29, 1.82) is 0 Å². The Hall–Kier alpha value is -4.30. The number of carbonyl (C=O) groups excluding carboxylic acids is 1. The van der Waals surface area contributed by atoms with Gasteiger partial charge in [0.25, 0.3) is 0 Å². The Balaban J connectivity index is 1.66. The Morgan fingerprint density at radius 2 is 1.50 bits per heavy atom. The first kappa shape index (κ1) is 31.1. The van der Waals surface area contributed by atoms with Gasteiger partial charge in [-0.1, -0.05) is 30.3 Å². The fraction of sp³-hybridized carbons (Fsp3) is 0.333. The second kappa shape index (κ2) is 12.7. The third-order valence-corrected chi connectivity index (χ3v) is 9.11. The molecule has 1 aromatic heterocycles. The first-order chi connectivity index (χ1) is 21.0. The van der Waals surface area contributed by atoms with Crippen LogP contribution in [0.5, 0.6) is 11.5 Å². The van der Waals surface area contributed by atoms with E-state index in [1.54, 1.807) is 48.5 Å². The Kier molecular flexibility index (Phi) is 9.02. The maximum Gasteiger partial charge on any atom is 0.417 e. The average molecular weight is 630 g/mol. The predicted octanol–water partition coefficient (Wildman–Crippen LogP) is 5.13. The molecule has 0 bridgehead atoms. The van der Waals surface area contributed by atoms with Crippen LogP contribution < -0.4 is 14.2 Å². The van der Waals surface area contributed by atoms with E-state index in [-0.39, 0.29) is 49.0 Å². The summed E-state index contributed by atoms with van der Waals surface area (Å²) in [5.41, 5.74) is -0.0284. The van der Waals surface area contributed by atoms with Crippen molar-refractivity contribution < 1.29 is 35.9 Å². The summed E-state index contributed by atoms with van der Waals surface area (Å²) in [4.78, 5) is 11.1. The molecule has 5 rings (SSSR count). The quantitative estimate of drug-likeness (QED) is 0.256. The molecule has 1 heterocycles. The minimum absolute atomic E-state index is 0.0456. The maximum atomic E-state index is 14.6. The second-order valence-electron chi connectivity index (χ2n) is 10.4. The van der Waals surface area contributed by atoms with Gasteiger partial charge >= 0.3 is 6.18 Å². The predicted molar refractivity (Wildman–Crippen MR) is 154 cm³/mol. The highest BCUT2D eigenvalue weighted by molar-refractivity contribution is 7.89. The van der Waals surface area contributed by atoms with Gasteiger partial charge in [0.2, 0.25) is 10.0 Å². The van der Waals surface area contributed by atoms with Crippen LogP contribution in [-0.4, -0.2) is 48.6 Å². The molecule has 0 amide bonds. The molecule has 1 N–H and O–H groups in total. The molecular weight excluding hydrogens is 599 g/mol. The highest BCUT2D eigenvalue weighted by Gasteiger charge is 2.42. The average Bonchev–Trinajstić information content (AvgIpc) is 3.47. The SMILES string of the molecule is COc1ccc(CNS(=O)(=O)c2c(C(F)(F)F)ccc(C3CCC(=O)CC3)c2-c2nnnn2Cc2ccc(OC)cc2)cc1. The normalized spacial score (nSPS) is 14.5. The monoisotopic (exact) mass is 629 g/mol. The number of rotatable bonds is 10. The third kappa shape index (κ3) is 6.76. The lowest BCUT2D eigenvalue weighted by Gasteiger charge is -2.26. The number of ether oxygens (including phenoxy) is 2. The number of benzene rings is 3. The number of Topliss-reactive ketones (excluding diaryl/α,β-unsaturated/α-hetero) is 1. The molecule has 1 aliphatic carbocycles. The summed E-state index contributed by atoms with van der Waals surface area (Å²) in [5, 5.41) is 11.8. The zero-order chi connectivity index (χ0) is 31.5. The fourth-order valence-corrected chi connectivity index (χ4v) is 6.76. The largest absolute Gasteiger partial charge is 0.497 e. The standard InChI is InChI=1S/C30H30F3N5O5S/c1-42-23-11-3-19(4-12-23)17-34-44(40,41)28-26(30(31,32)33)16-15-25(21-7-9-22(39)10-8-21)27(28)29-35-36-37-38(29)18-20-5-13-24(43-2)14-6-20/h3-6,11-16,21,34H,7-10,17-18H2,1-2H3. The minimum atomic E-state index is -5.02. The van der Waals surface area contributed by atoms with Gasteiger partial charge in [-0.2, -0.15) is 13.2 Å². The Morgan fingerprint density at radius 1 is 0.909 bits per heavy atom. The van der Waals surface area contributed by atoms with Gasteiger partial charge in [0.1, 0.15) is 22.2 Å².